The summed E-state index contributed by atoms with van der Waals surface area (Å²) in [5.41, 5.74) is -0.810. The van der Waals surface area contributed by atoms with Crippen LogP contribution < -0.4 is 5.32 Å². The van der Waals surface area contributed by atoms with Gasteiger partial charge in [-0.25, -0.2) is 4.98 Å². The summed E-state index contributed by atoms with van der Waals surface area (Å²) in [5.74, 6) is -0.566. The SMILES string of the molecule is Cc1cccc(Cl)c1C(=O)Nc1cccn2c(CO)c(C(F)(F)F)nc12. The zero-order valence-electron chi connectivity index (χ0n) is 13.4. The summed E-state index contributed by atoms with van der Waals surface area (Å²) >= 11 is 6.06. The molecule has 0 bridgehead atoms. The van der Waals surface area contributed by atoms with Gasteiger partial charge in [-0.1, -0.05) is 23.7 Å². The molecule has 3 rings (SSSR count). The van der Waals surface area contributed by atoms with Crippen molar-refractivity contribution in [3.05, 3.63) is 64.1 Å². The number of halogens is 4. The number of nitrogens with one attached hydrogen (secondary N) is 1. The molecule has 0 aliphatic rings. The van der Waals surface area contributed by atoms with Gasteiger partial charge in [0.05, 0.1) is 28.6 Å². The minimum Gasteiger partial charge on any atom is -0.390 e. The summed E-state index contributed by atoms with van der Waals surface area (Å²) in [7, 11) is 0. The number of aliphatic hydroxyl groups is 1. The molecule has 2 N–H and O–H groups in total. The fraction of sp³-hybridized carbons (Fsp3) is 0.176. The van der Waals surface area contributed by atoms with E-state index in [-0.39, 0.29) is 21.9 Å². The van der Waals surface area contributed by atoms with Crippen LogP contribution >= 0.6 is 11.6 Å². The number of hydrogen-bond acceptors (Lipinski definition) is 3. The average Bonchev–Trinajstić information content (AvgIpc) is 2.94. The predicted octanol–water partition coefficient (Wildman–Crippen LogP) is 4.06. The van der Waals surface area contributed by atoms with Crippen LogP contribution in [0.4, 0.5) is 18.9 Å². The van der Waals surface area contributed by atoms with Crippen molar-refractivity contribution in [1.29, 1.82) is 0 Å². The van der Waals surface area contributed by atoms with Gasteiger partial charge in [0.2, 0.25) is 0 Å². The summed E-state index contributed by atoms with van der Waals surface area (Å²) in [6.07, 6.45) is -3.40. The van der Waals surface area contributed by atoms with Gasteiger partial charge in [-0.15, -0.1) is 0 Å². The fourth-order valence-corrected chi connectivity index (χ4v) is 3.00. The maximum atomic E-state index is 13.1. The van der Waals surface area contributed by atoms with Crippen molar-refractivity contribution in [2.45, 2.75) is 19.7 Å². The lowest BCUT2D eigenvalue weighted by Crippen LogP contribution is -2.15. The quantitative estimate of drug-likeness (QED) is 0.716. The van der Waals surface area contributed by atoms with Gasteiger partial charge in [0.15, 0.2) is 11.3 Å². The Labute approximate surface area is 151 Å². The Bertz CT molecular complexity index is 979. The molecule has 0 atom stereocenters. The number of carbonyl (C=O) groups is 1. The van der Waals surface area contributed by atoms with E-state index in [4.69, 9.17) is 11.6 Å². The van der Waals surface area contributed by atoms with E-state index in [1.165, 1.54) is 18.3 Å². The lowest BCUT2D eigenvalue weighted by Gasteiger charge is -2.10. The molecule has 2 heterocycles. The average molecular weight is 384 g/mol. The summed E-state index contributed by atoms with van der Waals surface area (Å²) in [6, 6.07) is 7.80. The molecule has 1 amide bonds. The number of alkyl halides is 3. The molecular weight excluding hydrogens is 371 g/mol. The monoisotopic (exact) mass is 383 g/mol. The fourth-order valence-electron chi connectivity index (χ4n) is 2.70. The number of aryl methyl sites for hydroxylation is 1. The molecule has 26 heavy (non-hydrogen) atoms. The Morgan fingerprint density at radius 2 is 2.04 bits per heavy atom. The third kappa shape index (κ3) is 3.13. The lowest BCUT2D eigenvalue weighted by molar-refractivity contribution is -0.142. The van der Waals surface area contributed by atoms with Gasteiger partial charge in [-0.2, -0.15) is 13.2 Å². The van der Waals surface area contributed by atoms with Crippen LogP contribution in [0, 0.1) is 6.92 Å². The highest BCUT2D eigenvalue weighted by atomic mass is 35.5. The second-order valence-corrected chi connectivity index (χ2v) is 5.97. The Morgan fingerprint density at radius 3 is 2.65 bits per heavy atom. The van der Waals surface area contributed by atoms with Gasteiger partial charge < -0.3 is 10.4 Å². The van der Waals surface area contributed by atoms with E-state index in [9.17, 15) is 23.1 Å². The zero-order valence-corrected chi connectivity index (χ0v) is 14.2. The first-order valence-electron chi connectivity index (χ1n) is 7.48. The number of hydrogen-bond donors (Lipinski definition) is 2. The first-order chi connectivity index (χ1) is 12.2. The second-order valence-electron chi connectivity index (χ2n) is 5.56. The van der Waals surface area contributed by atoms with E-state index in [2.05, 4.69) is 10.3 Å². The highest BCUT2D eigenvalue weighted by molar-refractivity contribution is 6.34. The molecule has 0 unspecified atom stereocenters. The lowest BCUT2D eigenvalue weighted by atomic mass is 10.1. The van der Waals surface area contributed by atoms with Crippen molar-refractivity contribution >= 4 is 28.8 Å². The Hall–Kier alpha value is -2.58. The summed E-state index contributed by atoms with van der Waals surface area (Å²) in [6.45, 7) is 0.847. The number of carbonyl (C=O) groups excluding carboxylic acids is 1. The van der Waals surface area contributed by atoms with Gasteiger partial charge in [0, 0.05) is 6.20 Å². The molecule has 0 saturated carbocycles. The van der Waals surface area contributed by atoms with Crippen LogP contribution in [0.2, 0.25) is 5.02 Å². The number of fused-ring (bicyclic) bond motifs is 1. The first-order valence-corrected chi connectivity index (χ1v) is 7.86. The van der Waals surface area contributed by atoms with Crippen LogP contribution in [0.25, 0.3) is 5.65 Å². The maximum Gasteiger partial charge on any atom is 0.435 e. The minimum absolute atomic E-state index is 0.0713. The molecule has 1 aromatic carbocycles. The maximum absolute atomic E-state index is 13.1. The normalized spacial score (nSPS) is 11.8. The van der Waals surface area contributed by atoms with Gasteiger partial charge in [0.1, 0.15) is 0 Å². The van der Waals surface area contributed by atoms with Crippen molar-refractivity contribution in [3.63, 3.8) is 0 Å². The third-order valence-corrected chi connectivity index (χ3v) is 4.18. The van der Waals surface area contributed by atoms with Crippen molar-refractivity contribution in [2.24, 2.45) is 0 Å². The molecule has 0 saturated heterocycles. The van der Waals surface area contributed by atoms with E-state index < -0.39 is 30.1 Å². The molecular formula is C17H13ClF3N3O2. The smallest absolute Gasteiger partial charge is 0.390 e. The molecule has 0 spiro atoms. The Balaban J connectivity index is 2.09. The number of aliphatic hydroxyl groups excluding tert-OH is 1. The van der Waals surface area contributed by atoms with E-state index in [0.717, 1.165) is 4.40 Å². The van der Waals surface area contributed by atoms with Gasteiger partial charge in [-0.3, -0.25) is 9.20 Å². The summed E-state index contributed by atoms with van der Waals surface area (Å²) in [5, 5.41) is 12.1. The number of nitrogens with zero attached hydrogens (tertiary/aromatic N) is 2. The molecule has 0 aliphatic heterocycles. The standard InChI is InChI=1S/C17H13ClF3N3O2/c1-9-4-2-5-10(18)13(9)16(26)22-11-6-3-7-24-12(8-25)14(17(19,20)21)23-15(11)24/h2-7,25H,8H2,1H3,(H,22,26). The van der Waals surface area contributed by atoms with Crippen molar-refractivity contribution < 1.29 is 23.1 Å². The largest absolute Gasteiger partial charge is 0.435 e. The molecule has 2 aromatic heterocycles. The van der Waals surface area contributed by atoms with Crippen LogP contribution in [0.1, 0.15) is 27.3 Å². The number of pyridine rings is 1. The number of anilines is 1. The number of amides is 1. The van der Waals surface area contributed by atoms with Crippen LogP contribution in [-0.4, -0.2) is 20.4 Å². The molecule has 5 nitrogen and oxygen atoms in total. The van der Waals surface area contributed by atoms with E-state index in [0.29, 0.717) is 5.56 Å². The number of benzene rings is 1. The molecule has 0 aliphatic carbocycles. The van der Waals surface area contributed by atoms with Crippen LogP contribution in [0.5, 0.6) is 0 Å². The Morgan fingerprint density at radius 1 is 1.31 bits per heavy atom. The number of imidazole rings is 1. The van der Waals surface area contributed by atoms with Crippen molar-refractivity contribution in [1.82, 2.24) is 9.38 Å². The van der Waals surface area contributed by atoms with E-state index in [1.807, 2.05) is 0 Å². The molecule has 9 heteroatoms. The molecule has 0 radical (unpaired) electrons. The highest BCUT2D eigenvalue weighted by Crippen LogP contribution is 2.33. The van der Waals surface area contributed by atoms with Crippen LogP contribution in [0.3, 0.4) is 0 Å². The number of aromatic nitrogens is 2. The molecule has 3 aromatic rings. The van der Waals surface area contributed by atoms with Gasteiger partial charge in [-0.05, 0) is 30.7 Å². The first kappa shape index (κ1) is 18.2. The minimum atomic E-state index is -4.73. The number of rotatable bonds is 3. The Kier molecular flexibility index (Phi) is 4.64. The molecule has 136 valence electrons. The second kappa shape index (κ2) is 6.62. The zero-order chi connectivity index (χ0) is 19.1. The summed E-state index contributed by atoms with van der Waals surface area (Å²) < 4.78 is 40.5. The van der Waals surface area contributed by atoms with E-state index in [1.54, 1.807) is 25.1 Å². The van der Waals surface area contributed by atoms with Crippen LogP contribution in [0.15, 0.2) is 36.5 Å². The van der Waals surface area contributed by atoms with Crippen molar-refractivity contribution in [2.75, 3.05) is 5.32 Å². The summed E-state index contributed by atoms with van der Waals surface area (Å²) in [4.78, 5) is 16.1. The molecule has 0 fully saturated rings. The predicted molar refractivity (Wildman–Crippen MR) is 90.3 cm³/mol. The topological polar surface area (TPSA) is 66.6 Å². The van der Waals surface area contributed by atoms with Crippen molar-refractivity contribution in [3.8, 4) is 0 Å². The van der Waals surface area contributed by atoms with Gasteiger partial charge in [0.25, 0.3) is 5.91 Å². The third-order valence-electron chi connectivity index (χ3n) is 3.86. The van der Waals surface area contributed by atoms with E-state index >= 15 is 0 Å². The van der Waals surface area contributed by atoms with Crippen LogP contribution in [-0.2, 0) is 12.8 Å². The van der Waals surface area contributed by atoms with Gasteiger partial charge >= 0.3 is 6.18 Å². The highest BCUT2D eigenvalue weighted by Gasteiger charge is 2.38.